The van der Waals surface area contributed by atoms with Gasteiger partial charge in [-0.1, -0.05) is 48.0 Å². The second kappa shape index (κ2) is 7.07. The zero-order chi connectivity index (χ0) is 18.9. The average molecular weight is 373 g/mol. The molecule has 1 fully saturated rings. The lowest BCUT2D eigenvalue weighted by molar-refractivity contribution is 0.00578. The largest absolute Gasteiger partial charge is 0.494 e. The summed E-state index contributed by atoms with van der Waals surface area (Å²) in [6.45, 7) is 8.16. The van der Waals surface area contributed by atoms with Crippen molar-refractivity contribution in [3.63, 3.8) is 0 Å². The van der Waals surface area contributed by atoms with E-state index in [0.29, 0.717) is 10.6 Å². The maximum atomic E-state index is 12.3. The molecule has 2 aromatic rings. The van der Waals surface area contributed by atoms with Gasteiger partial charge in [-0.3, -0.25) is 0 Å². The number of hydrogen-bond donors (Lipinski definition) is 0. The first-order chi connectivity index (χ1) is 12.2. The Morgan fingerprint density at radius 3 is 2.23 bits per heavy atom. The number of halogens is 1. The topological polar surface area (TPSA) is 44.8 Å². The molecule has 0 aromatic heterocycles. The Labute approximate surface area is 159 Å². The fourth-order valence-corrected chi connectivity index (χ4v) is 2.89. The number of carbonyl (C=O) groups excluding carboxylic acids is 1. The molecule has 1 heterocycles. The number of ether oxygens (including phenoxy) is 1. The molecule has 1 saturated heterocycles. The van der Waals surface area contributed by atoms with Crippen LogP contribution in [0.3, 0.4) is 0 Å². The molecule has 0 saturated carbocycles. The summed E-state index contributed by atoms with van der Waals surface area (Å²) in [5.74, 6) is -0.459. The van der Waals surface area contributed by atoms with E-state index in [0.717, 1.165) is 11.0 Å². The van der Waals surface area contributed by atoms with E-state index >= 15 is 0 Å². The molecule has 0 unspecified atom stereocenters. The summed E-state index contributed by atoms with van der Waals surface area (Å²) in [7, 11) is -0.521. The molecule has 0 aliphatic carbocycles. The van der Waals surface area contributed by atoms with Gasteiger partial charge < -0.3 is 14.0 Å². The van der Waals surface area contributed by atoms with Crippen LogP contribution in [0.15, 0.2) is 48.5 Å². The van der Waals surface area contributed by atoms with Crippen LogP contribution in [-0.4, -0.2) is 24.3 Å². The molecule has 0 spiro atoms. The molecule has 136 valence electrons. The van der Waals surface area contributed by atoms with Gasteiger partial charge in [0.15, 0.2) is 0 Å². The van der Waals surface area contributed by atoms with Gasteiger partial charge in [0, 0.05) is 0 Å². The fourth-order valence-electron chi connectivity index (χ4n) is 2.62. The standard InChI is InChI=1S/C20H22BClO4/c1-19(2)20(3,4)26-21(25-19)15-10-11-16(17(22)12-15)18(23)24-13-14-8-6-5-7-9-14/h5-12H,13H2,1-4H3. The quantitative estimate of drug-likeness (QED) is 0.601. The molecule has 2 aromatic carbocycles. The third-order valence-electron chi connectivity index (χ3n) is 4.95. The Balaban J connectivity index is 1.71. The molecule has 0 radical (unpaired) electrons. The zero-order valence-corrected chi connectivity index (χ0v) is 16.2. The van der Waals surface area contributed by atoms with Crippen molar-refractivity contribution in [2.45, 2.75) is 45.5 Å². The molecule has 0 N–H and O–H groups in total. The smallest absolute Gasteiger partial charge is 0.457 e. The van der Waals surface area contributed by atoms with Gasteiger partial charge in [-0.2, -0.15) is 0 Å². The molecule has 0 amide bonds. The van der Waals surface area contributed by atoms with Gasteiger partial charge >= 0.3 is 13.1 Å². The molecule has 6 heteroatoms. The van der Waals surface area contributed by atoms with Gasteiger partial charge in [-0.15, -0.1) is 0 Å². The monoisotopic (exact) mass is 372 g/mol. The molecule has 0 atom stereocenters. The van der Waals surface area contributed by atoms with Crippen LogP contribution >= 0.6 is 11.6 Å². The van der Waals surface area contributed by atoms with E-state index in [4.69, 9.17) is 25.6 Å². The van der Waals surface area contributed by atoms with E-state index in [2.05, 4.69) is 0 Å². The van der Waals surface area contributed by atoms with Crippen LogP contribution in [0, 0.1) is 0 Å². The van der Waals surface area contributed by atoms with Crippen molar-refractivity contribution in [3.8, 4) is 0 Å². The Morgan fingerprint density at radius 1 is 1.04 bits per heavy atom. The van der Waals surface area contributed by atoms with E-state index in [9.17, 15) is 4.79 Å². The van der Waals surface area contributed by atoms with Crippen molar-refractivity contribution in [2.24, 2.45) is 0 Å². The molecule has 1 aliphatic heterocycles. The average Bonchev–Trinajstić information content (AvgIpc) is 2.81. The maximum Gasteiger partial charge on any atom is 0.494 e. The van der Waals surface area contributed by atoms with Crippen molar-refractivity contribution in [1.82, 2.24) is 0 Å². The van der Waals surface area contributed by atoms with Crippen LogP contribution in [0.2, 0.25) is 5.02 Å². The number of carbonyl (C=O) groups is 1. The number of hydrogen-bond acceptors (Lipinski definition) is 4. The summed E-state index contributed by atoms with van der Waals surface area (Å²) in [4.78, 5) is 12.3. The third-order valence-corrected chi connectivity index (χ3v) is 5.26. The Kier molecular flexibility index (Phi) is 5.15. The Bertz CT molecular complexity index is 789. The zero-order valence-electron chi connectivity index (χ0n) is 15.4. The SMILES string of the molecule is CC1(C)OB(c2ccc(C(=O)OCc3ccccc3)c(Cl)c2)OC1(C)C. The normalized spacial score (nSPS) is 18.0. The highest BCUT2D eigenvalue weighted by molar-refractivity contribution is 6.62. The van der Waals surface area contributed by atoms with Gasteiger partial charge in [0.05, 0.1) is 21.8 Å². The lowest BCUT2D eigenvalue weighted by atomic mass is 9.79. The first kappa shape index (κ1) is 19.0. The highest BCUT2D eigenvalue weighted by Gasteiger charge is 2.51. The molecular formula is C20H22BClO4. The first-order valence-electron chi connectivity index (χ1n) is 8.56. The van der Waals surface area contributed by atoms with Crippen molar-refractivity contribution >= 4 is 30.2 Å². The summed E-state index contributed by atoms with van der Waals surface area (Å²) < 4.78 is 17.4. The maximum absolute atomic E-state index is 12.3. The van der Waals surface area contributed by atoms with Gasteiger partial charge in [0.25, 0.3) is 0 Å². The Morgan fingerprint density at radius 2 is 1.65 bits per heavy atom. The second-order valence-electron chi connectivity index (χ2n) is 7.39. The van der Waals surface area contributed by atoms with Crippen LogP contribution in [-0.2, 0) is 20.7 Å². The third kappa shape index (κ3) is 3.80. The summed E-state index contributed by atoms with van der Waals surface area (Å²) in [5.41, 5.74) is 1.15. The minimum Gasteiger partial charge on any atom is -0.457 e. The van der Waals surface area contributed by atoms with E-state index in [1.54, 1.807) is 18.2 Å². The van der Waals surface area contributed by atoms with Crippen molar-refractivity contribution in [1.29, 1.82) is 0 Å². The van der Waals surface area contributed by atoms with Crippen LogP contribution in [0.25, 0.3) is 0 Å². The first-order valence-corrected chi connectivity index (χ1v) is 8.93. The lowest BCUT2D eigenvalue weighted by Gasteiger charge is -2.32. The van der Waals surface area contributed by atoms with Crippen LogP contribution in [0.1, 0.15) is 43.6 Å². The van der Waals surface area contributed by atoms with E-state index in [1.807, 2.05) is 58.0 Å². The molecule has 0 bridgehead atoms. The number of esters is 1. The molecule has 1 aliphatic rings. The minimum atomic E-state index is -0.521. The molecular weight excluding hydrogens is 350 g/mol. The predicted molar refractivity (Wildman–Crippen MR) is 103 cm³/mol. The van der Waals surface area contributed by atoms with Crippen LogP contribution < -0.4 is 5.46 Å². The second-order valence-corrected chi connectivity index (χ2v) is 7.80. The Hall–Kier alpha value is -1.82. The molecule has 26 heavy (non-hydrogen) atoms. The lowest BCUT2D eigenvalue weighted by Crippen LogP contribution is -2.41. The highest BCUT2D eigenvalue weighted by Crippen LogP contribution is 2.36. The highest BCUT2D eigenvalue weighted by atomic mass is 35.5. The molecule has 3 rings (SSSR count). The number of benzene rings is 2. The van der Waals surface area contributed by atoms with Gasteiger partial charge in [-0.05, 0) is 50.9 Å². The predicted octanol–water partition coefficient (Wildman–Crippen LogP) is 4.00. The molecule has 4 nitrogen and oxygen atoms in total. The van der Waals surface area contributed by atoms with Gasteiger partial charge in [0.2, 0.25) is 0 Å². The number of rotatable bonds is 4. The summed E-state index contributed by atoms with van der Waals surface area (Å²) in [6, 6.07) is 14.6. The van der Waals surface area contributed by atoms with Crippen molar-refractivity contribution in [3.05, 3.63) is 64.7 Å². The van der Waals surface area contributed by atoms with Gasteiger partial charge in [-0.25, -0.2) is 4.79 Å². The van der Waals surface area contributed by atoms with Crippen LogP contribution in [0.5, 0.6) is 0 Å². The van der Waals surface area contributed by atoms with Crippen molar-refractivity contribution < 1.29 is 18.8 Å². The van der Waals surface area contributed by atoms with Crippen LogP contribution in [0.4, 0.5) is 0 Å². The summed E-state index contributed by atoms with van der Waals surface area (Å²) >= 11 is 6.31. The van der Waals surface area contributed by atoms with Gasteiger partial charge in [0.1, 0.15) is 6.61 Å². The van der Waals surface area contributed by atoms with E-state index in [1.165, 1.54) is 0 Å². The summed E-state index contributed by atoms with van der Waals surface area (Å²) in [6.07, 6.45) is 0. The van der Waals surface area contributed by atoms with E-state index < -0.39 is 24.3 Å². The summed E-state index contributed by atoms with van der Waals surface area (Å²) in [5, 5.41) is 0.315. The fraction of sp³-hybridized carbons (Fsp3) is 0.350. The minimum absolute atomic E-state index is 0.203. The van der Waals surface area contributed by atoms with Crippen molar-refractivity contribution in [2.75, 3.05) is 0 Å². The van der Waals surface area contributed by atoms with E-state index in [-0.39, 0.29) is 6.61 Å².